The molecule has 0 radical (unpaired) electrons. The van der Waals surface area contributed by atoms with Crippen LogP contribution in [0.25, 0.3) is 0 Å². The van der Waals surface area contributed by atoms with Crippen LogP contribution in [0.5, 0.6) is 0 Å². The highest BCUT2D eigenvalue weighted by atomic mass is 35.5. The van der Waals surface area contributed by atoms with E-state index in [9.17, 15) is 13.2 Å². The Morgan fingerprint density at radius 3 is 2.65 bits per heavy atom. The van der Waals surface area contributed by atoms with Gasteiger partial charge in [0.1, 0.15) is 0 Å². The lowest BCUT2D eigenvalue weighted by atomic mass is 10.2. The van der Waals surface area contributed by atoms with Crippen molar-refractivity contribution in [3.8, 4) is 0 Å². The van der Waals surface area contributed by atoms with E-state index in [0.29, 0.717) is 0 Å². The largest absolute Gasteiger partial charge is 0.478 e. The molecule has 0 aliphatic heterocycles. The highest BCUT2D eigenvalue weighted by Crippen LogP contribution is 2.21. The van der Waals surface area contributed by atoms with Crippen LogP contribution < -0.4 is 0 Å². The van der Waals surface area contributed by atoms with Crippen molar-refractivity contribution in [1.82, 2.24) is 0 Å². The summed E-state index contributed by atoms with van der Waals surface area (Å²) in [6, 6.07) is 3.64. The zero-order chi connectivity index (χ0) is 13.1. The molecule has 0 unspecified atom stereocenters. The Kier molecular flexibility index (Phi) is 4.31. The van der Waals surface area contributed by atoms with Gasteiger partial charge in [-0.25, -0.2) is 13.2 Å². The summed E-state index contributed by atoms with van der Waals surface area (Å²) < 4.78 is 23.6. The maximum absolute atomic E-state index is 11.8. The summed E-state index contributed by atoms with van der Waals surface area (Å²) in [7, 11) is -3.50. The molecule has 1 N–H and O–H groups in total. The van der Waals surface area contributed by atoms with Crippen LogP contribution in [-0.2, 0) is 9.84 Å². The summed E-state index contributed by atoms with van der Waals surface area (Å²) in [5.41, 5.74) is -0.215. The molecule has 6 heteroatoms. The van der Waals surface area contributed by atoms with E-state index in [1.165, 1.54) is 18.2 Å². The molecule has 0 saturated heterocycles. The Balaban J connectivity index is 3.25. The molecule has 1 aromatic carbocycles. The van der Waals surface area contributed by atoms with Crippen molar-refractivity contribution >= 4 is 27.4 Å². The molecule has 0 heterocycles. The second kappa shape index (κ2) is 5.33. The third kappa shape index (κ3) is 3.31. The minimum atomic E-state index is -3.50. The van der Waals surface area contributed by atoms with Gasteiger partial charge in [-0.2, -0.15) is 0 Å². The van der Waals surface area contributed by atoms with Gasteiger partial charge in [0.15, 0.2) is 9.84 Å². The standard InChI is InChI=1S/C11H11ClO4S/c1-2-3-6-17(15,16)8-4-5-10(12)9(7-8)11(13)14/h2-5,7H,6H2,1H3,(H,13,14)/b3-2+. The van der Waals surface area contributed by atoms with Gasteiger partial charge in [-0.05, 0) is 25.1 Å². The van der Waals surface area contributed by atoms with Crippen LogP contribution in [0.4, 0.5) is 0 Å². The second-order valence-corrected chi connectivity index (χ2v) is 5.74. The van der Waals surface area contributed by atoms with Crippen LogP contribution in [0.1, 0.15) is 17.3 Å². The van der Waals surface area contributed by atoms with Crippen LogP contribution in [0.15, 0.2) is 35.2 Å². The highest BCUT2D eigenvalue weighted by Gasteiger charge is 2.17. The van der Waals surface area contributed by atoms with Crippen molar-refractivity contribution in [2.75, 3.05) is 5.75 Å². The summed E-state index contributed by atoms with van der Waals surface area (Å²) in [4.78, 5) is 10.8. The number of sulfone groups is 1. The number of carbonyl (C=O) groups is 1. The van der Waals surface area contributed by atoms with Crippen LogP contribution in [0.2, 0.25) is 5.02 Å². The van der Waals surface area contributed by atoms with Crippen molar-refractivity contribution in [1.29, 1.82) is 0 Å². The number of allylic oxidation sites excluding steroid dienone is 1. The zero-order valence-electron chi connectivity index (χ0n) is 9.05. The van der Waals surface area contributed by atoms with Gasteiger partial charge >= 0.3 is 5.97 Å². The predicted octanol–water partition coefficient (Wildman–Crippen LogP) is 2.39. The van der Waals surface area contributed by atoms with Crippen molar-refractivity contribution in [2.24, 2.45) is 0 Å². The summed E-state index contributed by atoms with van der Waals surface area (Å²) in [5.74, 6) is -1.41. The summed E-state index contributed by atoms with van der Waals surface area (Å²) in [5, 5.41) is 8.85. The topological polar surface area (TPSA) is 71.4 Å². The molecule has 0 aliphatic carbocycles. The van der Waals surface area contributed by atoms with E-state index >= 15 is 0 Å². The first-order chi connectivity index (χ1) is 7.88. The van der Waals surface area contributed by atoms with Crippen LogP contribution in [0.3, 0.4) is 0 Å². The SMILES string of the molecule is C/C=C/CS(=O)(=O)c1ccc(Cl)c(C(=O)O)c1. The van der Waals surface area contributed by atoms with Gasteiger partial charge in [0.05, 0.1) is 21.2 Å². The molecule has 1 rings (SSSR count). The number of aromatic carboxylic acids is 1. The Labute approximate surface area is 104 Å². The van der Waals surface area contributed by atoms with Crippen molar-refractivity contribution in [2.45, 2.75) is 11.8 Å². The highest BCUT2D eigenvalue weighted by molar-refractivity contribution is 7.91. The quantitative estimate of drug-likeness (QED) is 0.856. The Morgan fingerprint density at radius 1 is 1.47 bits per heavy atom. The number of benzene rings is 1. The fourth-order valence-electron chi connectivity index (χ4n) is 1.18. The first-order valence-corrected chi connectivity index (χ1v) is 6.78. The number of halogens is 1. The molecule has 0 amide bonds. The molecule has 0 spiro atoms. The van der Waals surface area contributed by atoms with E-state index in [-0.39, 0.29) is 21.2 Å². The summed E-state index contributed by atoms with van der Waals surface area (Å²) >= 11 is 5.66. The van der Waals surface area contributed by atoms with Gasteiger partial charge in [-0.1, -0.05) is 23.8 Å². The van der Waals surface area contributed by atoms with Gasteiger partial charge in [0, 0.05) is 0 Å². The monoisotopic (exact) mass is 274 g/mol. The average molecular weight is 275 g/mol. The molecule has 1 aromatic rings. The minimum absolute atomic E-state index is 0.0162. The summed E-state index contributed by atoms with van der Waals surface area (Å²) in [6.07, 6.45) is 3.11. The smallest absolute Gasteiger partial charge is 0.337 e. The van der Waals surface area contributed by atoms with E-state index in [0.717, 1.165) is 6.07 Å². The molecule has 0 aliphatic rings. The molecular formula is C11H11ClO4S. The average Bonchev–Trinajstić information content (AvgIpc) is 2.26. The first kappa shape index (κ1) is 13.7. The van der Waals surface area contributed by atoms with Gasteiger partial charge in [0.25, 0.3) is 0 Å². The van der Waals surface area contributed by atoms with E-state index in [1.807, 2.05) is 0 Å². The van der Waals surface area contributed by atoms with Crippen molar-refractivity contribution in [3.05, 3.63) is 40.9 Å². The molecule has 0 atom stereocenters. The number of hydrogen-bond acceptors (Lipinski definition) is 3. The van der Waals surface area contributed by atoms with E-state index in [2.05, 4.69) is 0 Å². The molecule has 0 aromatic heterocycles. The van der Waals surface area contributed by atoms with Gasteiger partial charge in [0.2, 0.25) is 0 Å². The second-order valence-electron chi connectivity index (χ2n) is 3.30. The predicted molar refractivity (Wildman–Crippen MR) is 65.3 cm³/mol. The van der Waals surface area contributed by atoms with E-state index in [1.54, 1.807) is 13.0 Å². The van der Waals surface area contributed by atoms with Gasteiger partial charge in [-0.15, -0.1) is 0 Å². The number of carboxylic acid groups (broad SMARTS) is 1. The van der Waals surface area contributed by atoms with Crippen LogP contribution >= 0.6 is 11.6 Å². The molecule has 92 valence electrons. The van der Waals surface area contributed by atoms with Crippen molar-refractivity contribution in [3.63, 3.8) is 0 Å². The van der Waals surface area contributed by atoms with Crippen LogP contribution in [-0.4, -0.2) is 25.2 Å². The third-order valence-electron chi connectivity index (χ3n) is 2.08. The molecule has 4 nitrogen and oxygen atoms in total. The number of rotatable bonds is 4. The first-order valence-electron chi connectivity index (χ1n) is 4.75. The lowest BCUT2D eigenvalue weighted by molar-refractivity contribution is 0.0697. The number of carboxylic acids is 1. The zero-order valence-corrected chi connectivity index (χ0v) is 10.6. The molecule has 0 saturated carbocycles. The third-order valence-corrected chi connectivity index (χ3v) is 4.01. The minimum Gasteiger partial charge on any atom is -0.478 e. The van der Waals surface area contributed by atoms with E-state index < -0.39 is 15.8 Å². The van der Waals surface area contributed by atoms with Crippen LogP contribution in [0, 0.1) is 0 Å². The normalized spacial score (nSPS) is 11.9. The van der Waals surface area contributed by atoms with E-state index in [4.69, 9.17) is 16.7 Å². The van der Waals surface area contributed by atoms with Gasteiger partial charge < -0.3 is 5.11 Å². The fourth-order valence-corrected chi connectivity index (χ4v) is 2.59. The fraction of sp³-hybridized carbons (Fsp3) is 0.182. The Morgan fingerprint density at radius 2 is 2.12 bits per heavy atom. The lowest BCUT2D eigenvalue weighted by Gasteiger charge is -2.04. The van der Waals surface area contributed by atoms with Gasteiger partial charge in [-0.3, -0.25) is 0 Å². The number of hydrogen-bond donors (Lipinski definition) is 1. The molecule has 0 fully saturated rings. The Bertz CT molecular complexity index is 561. The molecular weight excluding hydrogens is 264 g/mol. The lowest BCUT2D eigenvalue weighted by Crippen LogP contribution is -2.07. The maximum atomic E-state index is 11.8. The molecule has 17 heavy (non-hydrogen) atoms. The van der Waals surface area contributed by atoms with Crippen molar-refractivity contribution < 1.29 is 18.3 Å². The summed E-state index contributed by atoms with van der Waals surface area (Å²) in [6.45, 7) is 1.71. The Hall–Kier alpha value is -1.33. The molecule has 0 bridgehead atoms. The maximum Gasteiger partial charge on any atom is 0.337 e.